The van der Waals surface area contributed by atoms with Crippen LogP contribution < -0.4 is 16.0 Å². The van der Waals surface area contributed by atoms with E-state index >= 15 is 0 Å². The molecule has 31 heavy (non-hydrogen) atoms. The van der Waals surface area contributed by atoms with E-state index in [9.17, 15) is 14.9 Å². The molecule has 7 nitrogen and oxygen atoms in total. The Labute approximate surface area is 180 Å². The van der Waals surface area contributed by atoms with Crippen LogP contribution in [-0.4, -0.2) is 24.4 Å². The summed E-state index contributed by atoms with van der Waals surface area (Å²) in [7, 11) is 1.92. The predicted molar refractivity (Wildman–Crippen MR) is 123 cm³/mol. The maximum Gasteiger partial charge on any atom is 0.270 e. The second kappa shape index (κ2) is 8.81. The summed E-state index contributed by atoms with van der Waals surface area (Å²) in [5.74, 6) is -0.299. The number of carbonyl (C=O) groups excluding carboxylic acids is 1. The Balaban J connectivity index is 1.80. The SMILES string of the molecule is CNCCc1ccc(NC(=C2C(=O)Nc3ccc([N+](=O)[O-])cc32)c2ccccc2)cc1. The summed E-state index contributed by atoms with van der Waals surface area (Å²) in [5.41, 5.74) is 4.82. The molecule has 7 heteroatoms. The van der Waals surface area contributed by atoms with E-state index in [1.807, 2.05) is 61.6 Å². The van der Waals surface area contributed by atoms with Crippen molar-refractivity contribution in [3.8, 4) is 0 Å². The van der Waals surface area contributed by atoms with Crippen LogP contribution in [0.3, 0.4) is 0 Å². The van der Waals surface area contributed by atoms with Crippen LogP contribution >= 0.6 is 0 Å². The average molecular weight is 414 g/mol. The van der Waals surface area contributed by atoms with Gasteiger partial charge < -0.3 is 16.0 Å². The van der Waals surface area contributed by atoms with Gasteiger partial charge in [-0.15, -0.1) is 0 Å². The van der Waals surface area contributed by atoms with Gasteiger partial charge in [-0.05, 0) is 49.3 Å². The molecule has 3 N–H and O–H groups in total. The van der Waals surface area contributed by atoms with Gasteiger partial charge in [-0.2, -0.15) is 0 Å². The fourth-order valence-corrected chi connectivity index (χ4v) is 3.57. The van der Waals surface area contributed by atoms with Gasteiger partial charge in [0.15, 0.2) is 0 Å². The summed E-state index contributed by atoms with van der Waals surface area (Å²) in [6, 6.07) is 21.9. The number of nitrogens with one attached hydrogen (secondary N) is 3. The first kappa shape index (κ1) is 20.3. The number of nitrogens with zero attached hydrogens (tertiary/aromatic N) is 1. The minimum atomic E-state index is -0.458. The molecule has 0 aliphatic carbocycles. The van der Waals surface area contributed by atoms with Crippen molar-refractivity contribution >= 4 is 34.2 Å². The van der Waals surface area contributed by atoms with Crippen molar-refractivity contribution in [3.63, 3.8) is 0 Å². The van der Waals surface area contributed by atoms with Crippen molar-refractivity contribution in [2.24, 2.45) is 0 Å². The van der Waals surface area contributed by atoms with Gasteiger partial charge in [-0.25, -0.2) is 0 Å². The van der Waals surface area contributed by atoms with Crippen LogP contribution in [0.1, 0.15) is 16.7 Å². The summed E-state index contributed by atoms with van der Waals surface area (Å²) >= 11 is 0. The molecular formula is C24H22N4O3. The number of hydrogen-bond acceptors (Lipinski definition) is 5. The molecule has 1 amide bonds. The Morgan fingerprint density at radius 3 is 2.45 bits per heavy atom. The van der Waals surface area contributed by atoms with Gasteiger partial charge in [0.2, 0.25) is 0 Å². The molecule has 156 valence electrons. The lowest BCUT2D eigenvalue weighted by atomic mass is 9.99. The van der Waals surface area contributed by atoms with Crippen molar-refractivity contribution in [2.75, 3.05) is 24.2 Å². The molecule has 0 fully saturated rings. The zero-order valence-corrected chi connectivity index (χ0v) is 17.0. The number of likely N-dealkylation sites (N-methyl/N-ethyl adjacent to an activating group) is 1. The summed E-state index contributed by atoms with van der Waals surface area (Å²) in [4.78, 5) is 23.7. The molecule has 0 spiro atoms. The maximum atomic E-state index is 12.9. The standard InChI is InChI=1S/C24H22N4O3/c1-25-14-13-16-7-9-18(10-8-16)26-23(17-5-3-2-4-6-17)22-20-15-19(28(30)31)11-12-21(20)27-24(22)29/h2-12,15,25-26H,13-14H2,1H3,(H,27,29). The highest BCUT2D eigenvalue weighted by molar-refractivity contribution is 6.37. The number of nitro groups is 1. The highest BCUT2D eigenvalue weighted by Crippen LogP contribution is 2.39. The molecular weight excluding hydrogens is 392 g/mol. The first-order valence-electron chi connectivity index (χ1n) is 9.97. The number of nitro benzene ring substituents is 1. The van der Waals surface area contributed by atoms with Crippen molar-refractivity contribution in [1.82, 2.24) is 5.32 Å². The van der Waals surface area contributed by atoms with Crippen molar-refractivity contribution in [1.29, 1.82) is 0 Å². The first-order valence-corrected chi connectivity index (χ1v) is 9.97. The maximum absolute atomic E-state index is 12.9. The largest absolute Gasteiger partial charge is 0.354 e. The van der Waals surface area contributed by atoms with Gasteiger partial charge in [0.25, 0.3) is 11.6 Å². The van der Waals surface area contributed by atoms with E-state index in [1.165, 1.54) is 17.7 Å². The van der Waals surface area contributed by atoms with E-state index in [-0.39, 0.29) is 11.6 Å². The smallest absolute Gasteiger partial charge is 0.270 e. The molecule has 1 heterocycles. The minimum Gasteiger partial charge on any atom is -0.354 e. The van der Waals surface area contributed by atoms with Gasteiger partial charge in [0.05, 0.1) is 16.2 Å². The molecule has 3 aromatic rings. The van der Waals surface area contributed by atoms with Crippen molar-refractivity contribution < 1.29 is 9.72 Å². The van der Waals surface area contributed by atoms with E-state index in [0.717, 1.165) is 24.2 Å². The zero-order chi connectivity index (χ0) is 21.8. The quantitative estimate of drug-likeness (QED) is 0.304. The molecule has 0 unspecified atom stereocenters. The molecule has 0 aromatic heterocycles. The van der Waals surface area contributed by atoms with E-state index < -0.39 is 4.92 Å². The van der Waals surface area contributed by atoms with Crippen molar-refractivity contribution in [2.45, 2.75) is 6.42 Å². The van der Waals surface area contributed by atoms with Crippen LogP contribution in [-0.2, 0) is 11.2 Å². The van der Waals surface area contributed by atoms with Gasteiger partial charge in [0.1, 0.15) is 0 Å². The Bertz CT molecular complexity index is 1160. The molecule has 1 aliphatic rings. The van der Waals surface area contributed by atoms with Crippen LogP contribution in [0.15, 0.2) is 72.8 Å². The lowest BCUT2D eigenvalue weighted by molar-refractivity contribution is -0.384. The van der Waals surface area contributed by atoms with E-state index in [1.54, 1.807) is 6.07 Å². The number of amides is 1. The topological polar surface area (TPSA) is 96.3 Å². The lowest BCUT2D eigenvalue weighted by Crippen LogP contribution is -2.11. The molecule has 1 aliphatic heterocycles. The van der Waals surface area contributed by atoms with Gasteiger partial charge in [-0.1, -0.05) is 42.5 Å². The van der Waals surface area contributed by atoms with Crippen LogP contribution in [0.2, 0.25) is 0 Å². The number of hydrogen-bond donors (Lipinski definition) is 3. The van der Waals surface area contributed by atoms with Crippen LogP contribution in [0.25, 0.3) is 11.3 Å². The Hall–Kier alpha value is -3.97. The summed E-state index contributed by atoms with van der Waals surface area (Å²) in [5, 5.41) is 20.6. The second-order valence-electron chi connectivity index (χ2n) is 7.23. The molecule has 0 saturated heterocycles. The third kappa shape index (κ3) is 4.31. The Morgan fingerprint density at radius 2 is 1.77 bits per heavy atom. The van der Waals surface area contributed by atoms with Crippen molar-refractivity contribution in [3.05, 3.63) is 99.6 Å². The Morgan fingerprint density at radius 1 is 1.03 bits per heavy atom. The number of rotatable bonds is 7. The van der Waals surface area contributed by atoms with Gasteiger partial charge in [0, 0.05) is 29.1 Å². The van der Waals surface area contributed by atoms with E-state index in [0.29, 0.717) is 22.5 Å². The Kier molecular flexibility index (Phi) is 5.77. The van der Waals surface area contributed by atoms with Crippen LogP contribution in [0, 0.1) is 10.1 Å². The second-order valence-corrected chi connectivity index (χ2v) is 7.23. The molecule has 0 saturated carbocycles. The molecule has 0 bridgehead atoms. The third-order valence-electron chi connectivity index (χ3n) is 5.16. The molecule has 0 radical (unpaired) electrons. The molecule has 3 aromatic carbocycles. The first-order chi connectivity index (χ1) is 15.1. The summed E-state index contributed by atoms with van der Waals surface area (Å²) < 4.78 is 0. The summed E-state index contributed by atoms with van der Waals surface area (Å²) in [6.45, 7) is 0.891. The monoisotopic (exact) mass is 414 g/mol. The highest BCUT2D eigenvalue weighted by Gasteiger charge is 2.30. The summed E-state index contributed by atoms with van der Waals surface area (Å²) in [6.07, 6.45) is 0.920. The normalized spacial score (nSPS) is 14.0. The third-order valence-corrected chi connectivity index (χ3v) is 5.16. The van der Waals surface area contributed by atoms with E-state index in [2.05, 4.69) is 16.0 Å². The van der Waals surface area contributed by atoms with Crippen LogP contribution in [0.5, 0.6) is 0 Å². The van der Waals surface area contributed by atoms with Gasteiger partial charge >= 0.3 is 0 Å². The number of carbonyl (C=O) groups is 1. The number of benzene rings is 3. The van der Waals surface area contributed by atoms with Crippen LogP contribution in [0.4, 0.5) is 17.1 Å². The number of non-ortho nitro benzene ring substituents is 1. The fourth-order valence-electron chi connectivity index (χ4n) is 3.57. The number of fused-ring (bicyclic) bond motifs is 1. The lowest BCUT2D eigenvalue weighted by Gasteiger charge is -2.15. The predicted octanol–water partition coefficient (Wildman–Crippen LogP) is 4.29. The zero-order valence-electron chi connectivity index (χ0n) is 17.0. The minimum absolute atomic E-state index is 0.0611. The average Bonchev–Trinajstić information content (AvgIpc) is 3.12. The number of anilines is 2. The molecule has 0 atom stereocenters. The molecule has 4 rings (SSSR count). The highest BCUT2D eigenvalue weighted by atomic mass is 16.6. The van der Waals surface area contributed by atoms with Gasteiger partial charge in [-0.3, -0.25) is 14.9 Å². The fraction of sp³-hybridized carbons (Fsp3) is 0.125. The van der Waals surface area contributed by atoms with E-state index in [4.69, 9.17) is 0 Å².